The number of anilines is 1. The fourth-order valence-electron chi connectivity index (χ4n) is 5.85. The maximum atomic E-state index is 14.0. The van der Waals surface area contributed by atoms with Crippen LogP contribution < -0.4 is 17.2 Å². The predicted molar refractivity (Wildman–Crippen MR) is 120 cm³/mol. The molecule has 1 saturated carbocycles. The SMILES string of the molecule is NC(=O)C1=C(O)[C@@]2(O)C(=O)C3=C(O)c4c(O)ccc(N)c4C[C@@]3(Cn3ccnc3)C[C@H]2[C@H](N)C1=O. The van der Waals surface area contributed by atoms with E-state index in [1.54, 1.807) is 10.8 Å². The highest BCUT2D eigenvalue weighted by atomic mass is 16.3. The summed E-state index contributed by atoms with van der Waals surface area (Å²) in [5.41, 5.74) is 12.8. The zero-order chi connectivity index (χ0) is 25.4. The van der Waals surface area contributed by atoms with Gasteiger partial charge in [0.15, 0.2) is 11.4 Å². The summed E-state index contributed by atoms with van der Waals surface area (Å²) < 4.78 is 1.65. The Morgan fingerprint density at radius 3 is 2.57 bits per heavy atom. The minimum Gasteiger partial charge on any atom is -0.508 e. The molecule has 182 valence electrons. The van der Waals surface area contributed by atoms with E-state index in [1.807, 2.05) is 0 Å². The number of fused-ring (bicyclic) bond motifs is 3. The second-order valence-corrected chi connectivity index (χ2v) is 9.33. The lowest BCUT2D eigenvalue weighted by Gasteiger charge is -2.53. The van der Waals surface area contributed by atoms with Gasteiger partial charge < -0.3 is 42.2 Å². The molecule has 12 nitrogen and oxygen atoms in total. The van der Waals surface area contributed by atoms with Crippen LogP contribution in [-0.4, -0.2) is 59.1 Å². The number of aromatic nitrogens is 2. The van der Waals surface area contributed by atoms with Gasteiger partial charge in [0.1, 0.15) is 22.8 Å². The van der Waals surface area contributed by atoms with Crippen LogP contribution in [0.1, 0.15) is 17.5 Å². The van der Waals surface area contributed by atoms with Crippen molar-refractivity contribution in [3.63, 3.8) is 0 Å². The van der Waals surface area contributed by atoms with Crippen molar-refractivity contribution in [2.24, 2.45) is 22.8 Å². The summed E-state index contributed by atoms with van der Waals surface area (Å²) in [6.45, 7) is 0.0628. The Morgan fingerprint density at radius 1 is 1.23 bits per heavy atom. The number of nitrogens with zero attached hydrogens (tertiary/aromatic N) is 2. The minimum atomic E-state index is -2.80. The second kappa shape index (κ2) is 7.17. The molecule has 1 heterocycles. The molecule has 2 aromatic rings. The molecule has 12 heteroatoms. The number of primary amides is 1. The number of aliphatic hydroxyl groups excluding tert-OH is 2. The van der Waals surface area contributed by atoms with Crippen molar-refractivity contribution in [2.45, 2.75) is 31.0 Å². The quantitative estimate of drug-likeness (QED) is 0.164. The highest BCUT2D eigenvalue weighted by Gasteiger charge is 2.66. The van der Waals surface area contributed by atoms with Crippen LogP contribution in [0.15, 0.2) is 47.8 Å². The summed E-state index contributed by atoms with van der Waals surface area (Å²) in [6.07, 6.45) is 4.51. The van der Waals surface area contributed by atoms with Crippen LogP contribution >= 0.6 is 0 Å². The fraction of sp³-hybridized carbons (Fsp3) is 0.304. The molecule has 3 aliphatic carbocycles. The van der Waals surface area contributed by atoms with Gasteiger partial charge in [0, 0.05) is 41.5 Å². The first-order chi connectivity index (χ1) is 16.4. The van der Waals surface area contributed by atoms with Crippen LogP contribution in [0.4, 0.5) is 5.69 Å². The number of benzene rings is 1. The lowest BCUT2D eigenvalue weighted by molar-refractivity contribution is -0.153. The van der Waals surface area contributed by atoms with Crippen LogP contribution in [-0.2, 0) is 27.3 Å². The standard InChI is InChI=1S/C23H23N5O7/c24-11-1-2-12(29)13-9(11)5-22(7-28-4-3-27-8-28)6-10-16(25)18(31)14(21(26)34)19(32)23(10,35)20(33)15(22)17(13)30/h1-4,8,10,16,29-30,32,35H,5-7,24-25H2,(H2,26,34)/t10-,16-,22-,23+/m0/s1. The number of ketones is 2. The molecule has 0 spiro atoms. The zero-order valence-electron chi connectivity index (χ0n) is 18.3. The molecule has 0 unspecified atom stereocenters. The van der Waals surface area contributed by atoms with Crippen molar-refractivity contribution in [1.82, 2.24) is 9.55 Å². The number of carbonyl (C=O) groups excluding carboxylic acids is 3. The summed E-state index contributed by atoms with van der Waals surface area (Å²) in [7, 11) is 0. The molecule has 4 atom stereocenters. The molecule has 10 N–H and O–H groups in total. The number of nitrogen functional groups attached to an aromatic ring is 1. The Hall–Kier alpha value is -4.16. The van der Waals surface area contributed by atoms with Crippen LogP contribution in [0.5, 0.6) is 5.75 Å². The normalized spacial score (nSPS) is 30.1. The molecule has 35 heavy (non-hydrogen) atoms. The largest absolute Gasteiger partial charge is 0.508 e. The van der Waals surface area contributed by atoms with Gasteiger partial charge in [-0.05, 0) is 30.5 Å². The molecule has 0 bridgehead atoms. The van der Waals surface area contributed by atoms with Gasteiger partial charge in [-0.15, -0.1) is 0 Å². The smallest absolute Gasteiger partial charge is 0.255 e. The summed E-state index contributed by atoms with van der Waals surface area (Å²) >= 11 is 0. The molecule has 0 radical (unpaired) electrons. The van der Waals surface area contributed by atoms with Gasteiger partial charge in [0.25, 0.3) is 5.91 Å². The second-order valence-electron chi connectivity index (χ2n) is 9.33. The molecule has 5 rings (SSSR count). The fourth-order valence-corrected chi connectivity index (χ4v) is 5.85. The number of nitrogens with two attached hydrogens (primary N) is 3. The first-order valence-corrected chi connectivity index (χ1v) is 10.7. The van der Waals surface area contributed by atoms with Gasteiger partial charge in [-0.2, -0.15) is 0 Å². The zero-order valence-corrected chi connectivity index (χ0v) is 18.3. The third kappa shape index (κ3) is 2.80. The number of hydrogen-bond acceptors (Lipinski definition) is 10. The van der Waals surface area contributed by atoms with Gasteiger partial charge in [0.2, 0.25) is 5.78 Å². The van der Waals surface area contributed by atoms with E-state index >= 15 is 0 Å². The Labute approximate surface area is 198 Å². The Bertz CT molecular complexity index is 1380. The number of aromatic hydroxyl groups is 1. The monoisotopic (exact) mass is 481 g/mol. The molecule has 3 aliphatic rings. The minimum absolute atomic E-state index is 0.0342. The first kappa shape index (κ1) is 22.6. The molecule has 0 aliphatic heterocycles. The summed E-state index contributed by atoms with van der Waals surface area (Å²) in [5, 5.41) is 44.2. The van der Waals surface area contributed by atoms with Crippen molar-refractivity contribution in [3.05, 3.63) is 58.9 Å². The topological polar surface area (TPSA) is 228 Å². The van der Waals surface area contributed by atoms with Crippen molar-refractivity contribution >= 4 is 28.9 Å². The van der Waals surface area contributed by atoms with Crippen molar-refractivity contribution in [3.8, 4) is 5.75 Å². The maximum Gasteiger partial charge on any atom is 0.255 e. The van der Waals surface area contributed by atoms with E-state index in [2.05, 4.69) is 4.98 Å². The highest BCUT2D eigenvalue weighted by molar-refractivity contribution is 6.24. The number of phenolic OH excluding ortho intramolecular Hbond substituents is 1. The van der Waals surface area contributed by atoms with E-state index < -0.39 is 57.5 Å². The van der Waals surface area contributed by atoms with Crippen LogP contribution in [0, 0.1) is 11.3 Å². The van der Waals surface area contributed by atoms with Gasteiger partial charge in [-0.3, -0.25) is 14.4 Å². The van der Waals surface area contributed by atoms with Gasteiger partial charge in [0.05, 0.1) is 17.9 Å². The number of imidazole rings is 1. The number of hydrogen-bond donors (Lipinski definition) is 7. The average Bonchev–Trinajstić information content (AvgIpc) is 3.29. The molecule has 1 aromatic heterocycles. The van der Waals surface area contributed by atoms with E-state index in [9.17, 15) is 34.8 Å². The van der Waals surface area contributed by atoms with E-state index in [-0.39, 0.29) is 42.0 Å². The average molecular weight is 481 g/mol. The third-order valence-electron chi connectivity index (χ3n) is 7.44. The molecular weight excluding hydrogens is 458 g/mol. The Balaban J connectivity index is 1.82. The predicted octanol–water partition coefficient (Wildman–Crippen LogP) is -0.790. The van der Waals surface area contributed by atoms with E-state index in [0.29, 0.717) is 5.56 Å². The lowest BCUT2D eigenvalue weighted by atomic mass is 9.51. The first-order valence-electron chi connectivity index (χ1n) is 10.7. The van der Waals surface area contributed by atoms with E-state index in [4.69, 9.17) is 17.2 Å². The molecule has 0 saturated heterocycles. The maximum absolute atomic E-state index is 14.0. The lowest BCUT2D eigenvalue weighted by Crippen LogP contribution is -2.67. The Morgan fingerprint density at radius 2 is 1.94 bits per heavy atom. The van der Waals surface area contributed by atoms with Gasteiger partial charge in [-0.1, -0.05) is 0 Å². The van der Waals surface area contributed by atoms with Crippen molar-refractivity contribution < 1.29 is 34.8 Å². The van der Waals surface area contributed by atoms with E-state index in [1.165, 1.54) is 24.7 Å². The molecule has 1 fully saturated rings. The number of rotatable bonds is 3. The van der Waals surface area contributed by atoms with Crippen LogP contribution in [0.25, 0.3) is 5.76 Å². The van der Waals surface area contributed by atoms with Crippen LogP contribution in [0.3, 0.4) is 0 Å². The number of aliphatic hydroxyl groups is 3. The van der Waals surface area contributed by atoms with Crippen molar-refractivity contribution in [1.29, 1.82) is 0 Å². The summed E-state index contributed by atoms with van der Waals surface area (Å²) in [5.74, 6) is -7.04. The molecule has 1 aromatic carbocycles. The van der Waals surface area contributed by atoms with Gasteiger partial charge in [-0.25, -0.2) is 4.98 Å². The number of amides is 1. The van der Waals surface area contributed by atoms with Crippen molar-refractivity contribution in [2.75, 3.05) is 5.73 Å². The summed E-state index contributed by atoms with van der Waals surface area (Å²) in [4.78, 5) is 42.7. The highest BCUT2D eigenvalue weighted by Crippen LogP contribution is 2.58. The van der Waals surface area contributed by atoms with E-state index in [0.717, 1.165) is 0 Å². The number of carbonyl (C=O) groups is 3. The molecular formula is C23H23N5O7. The Kier molecular flexibility index (Phi) is 4.63. The summed E-state index contributed by atoms with van der Waals surface area (Å²) in [6, 6.07) is 1.17. The number of Topliss-reactive ketones (excluding diaryl/α,β-unsaturated/α-hetero) is 2. The molecule has 1 amide bonds. The number of phenols is 1. The van der Waals surface area contributed by atoms with Crippen LogP contribution in [0.2, 0.25) is 0 Å². The van der Waals surface area contributed by atoms with Gasteiger partial charge >= 0.3 is 0 Å². The third-order valence-corrected chi connectivity index (χ3v) is 7.44.